The van der Waals surface area contributed by atoms with Crippen molar-refractivity contribution in [3.8, 4) is 5.75 Å². The molecule has 0 aliphatic rings. The van der Waals surface area contributed by atoms with E-state index in [0.717, 1.165) is 22.8 Å². The lowest BCUT2D eigenvalue weighted by Crippen LogP contribution is -3.11. The number of carbonyl (C=O) groups is 2. The van der Waals surface area contributed by atoms with Crippen LogP contribution in [0.5, 0.6) is 5.75 Å². The second-order valence-electron chi connectivity index (χ2n) is 6.22. The Bertz CT molecular complexity index is 794. The molecule has 1 unspecified atom stereocenters. The number of benzene rings is 2. The van der Waals surface area contributed by atoms with Crippen LogP contribution in [-0.2, 0) is 16.1 Å². The highest BCUT2D eigenvalue weighted by Crippen LogP contribution is 2.21. The van der Waals surface area contributed by atoms with E-state index in [4.69, 9.17) is 16.3 Å². The number of rotatable bonds is 8. The SMILES string of the molecule is CC[NH+](CC(=O)Nc1ccc(NC(C)=O)cc1)Cc1cc(Cl)ccc1OC. The Labute approximate surface area is 164 Å². The van der Waals surface area contributed by atoms with Crippen molar-refractivity contribution in [1.82, 2.24) is 0 Å². The number of amides is 2. The Balaban J connectivity index is 1.96. The molecule has 0 aromatic heterocycles. The molecule has 27 heavy (non-hydrogen) atoms. The summed E-state index contributed by atoms with van der Waals surface area (Å²) in [6, 6.07) is 12.5. The summed E-state index contributed by atoms with van der Waals surface area (Å²) in [4.78, 5) is 24.5. The maximum Gasteiger partial charge on any atom is 0.279 e. The van der Waals surface area contributed by atoms with Crippen molar-refractivity contribution < 1.29 is 19.2 Å². The van der Waals surface area contributed by atoms with E-state index in [9.17, 15) is 9.59 Å². The molecule has 0 bridgehead atoms. The van der Waals surface area contributed by atoms with Gasteiger partial charge in [0.25, 0.3) is 5.91 Å². The lowest BCUT2D eigenvalue weighted by Gasteiger charge is -2.19. The van der Waals surface area contributed by atoms with E-state index in [-0.39, 0.29) is 11.8 Å². The molecule has 0 spiro atoms. The van der Waals surface area contributed by atoms with Gasteiger partial charge in [0, 0.05) is 28.9 Å². The molecule has 0 fully saturated rings. The monoisotopic (exact) mass is 390 g/mol. The van der Waals surface area contributed by atoms with E-state index in [1.807, 2.05) is 19.1 Å². The van der Waals surface area contributed by atoms with Crippen molar-refractivity contribution in [2.45, 2.75) is 20.4 Å². The fraction of sp³-hybridized carbons (Fsp3) is 0.300. The number of methoxy groups -OCH3 is 1. The maximum atomic E-state index is 12.4. The number of likely N-dealkylation sites (N-methyl/N-ethyl adjacent to an activating group) is 1. The van der Waals surface area contributed by atoms with Crippen molar-refractivity contribution in [2.75, 3.05) is 30.8 Å². The first-order valence-corrected chi connectivity index (χ1v) is 9.12. The smallest absolute Gasteiger partial charge is 0.279 e. The summed E-state index contributed by atoms with van der Waals surface area (Å²) in [7, 11) is 1.62. The number of nitrogens with one attached hydrogen (secondary N) is 3. The van der Waals surface area contributed by atoms with Gasteiger partial charge in [-0.15, -0.1) is 0 Å². The summed E-state index contributed by atoms with van der Waals surface area (Å²) in [5.41, 5.74) is 2.34. The molecule has 2 amide bonds. The van der Waals surface area contributed by atoms with Crippen LogP contribution in [0.3, 0.4) is 0 Å². The molecule has 0 radical (unpaired) electrons. The van der Waals surface area contributed by atoms with Gasteiger partial charge >= 0.3 is 0 Å². The zero-order valence-electron chi connectivity index (χ0n) is 15.8. The van der Waals surface area contributed by atoms with Crippen molar-refractivity contribution >= 4 is 34.8 Å². The minimum absolute atomic E-state index is 0.0832. The minimum Gasteiger partial charge on any atom is -0.496 e. The number of quaternary nitrogens is 1. The average Bonchev–Trinajstić information content (AvgIpc) is 2.62. The zero-order chi connectivity index (χ0) is 19.8. The summed E-state index contributed by atoms with van der Waals surface area (Å²) in [6.07, 6.45) is 0. The van der Waals surface area contributed by atoms with Gasteiger partial charge in [0.2, 0.25) is 5.91 Å². The second kappa shape index (κ2) is 9.94. The van der Waals surface area contributed by atoms with Crippen LogP contribution in [0.25, 0.3) is 0 Å². The Hall–Kier alpha value is -2.57. The molecule has 2 rings (SSSR count). The maximum absolute atomic E-state index is 12.4. The van der Waals surface area contributed by atoms with Gasteiger partial charge in [0.15, 0.2) is 6.54 Å². The van der Waals surface area contributed by atoms with Crippen LogP contribution < -0.4 is 20.3 Å². The fourth-order valence-electron chi connectivity index (χ4n) is 2.74. The molecule has 0 aliphatic carbocycles. The van der Waals surface area contributed by atoms with Crippen LogP contribution >= 0.6 is 11.6 Å². The quantitative estimate of drug-likeness (QED) is 0.648. The largest absolute Gasteiger partial charge is 0.496 e. The molecular formula is C20H25ClN3O3+. The summed E-state index contributed by atoms with van der Waals surface area (Å²) < 4.78 is 5.38. The number of carbonyl (C=O) groups excluding carboxylic acids is 2. The molecule has 0 saturated carbocycles. The third-order valence-electron chi connectivity index (χ3n) is 4.08. The predicted molar refractivity (Wildman–Crippen MR) is 107 cm³/mol. The summed E-state index contributed by atoms with van der Waals surface area (Å²) in [5.74, 6) is 0.546. The van der Waals surface area contributed by atoms with Gasteiger partial charge in [-0.2, -0.15) is 0 Å². The van der Waals surface area contributed by atoms with Gasteiger partial charge in [-0.1, -0.05) is 11.6 Å². The molecule has 7 heteroatoms. The van der Waals surface area contributed by atoms with E-state index >= 15 is 0 Å². The van der Waals surface area contributed by atoms with Gasteiger partial charge < -0.3 is 20.3 Å². The van der Waals surface area contributed by atoms with E-state index in [2.05, 4.69) is 10.6 Å². The van der Waals surface area contributed by atoms with Crippen molar-refractivity contribution in [1.29, 1.82) is 0 Å². The molecule has 144 valence electrons. The molecule has 0 aliphatic heterocycles. The first kappa shape index (κ1) is 20.7. The van der Waals surface area contributed by atoms with Crippen molar-refractivity contribution in [2.24, 2.45) is 0 Å². The Kier molecular flexibility index (Phi) is 7.64. The molecule has 3 N–H and O–H groups in total. The highest BCUT2D eigenvalue weighted by molar-refractivity contribution is 6.30. The molecule has 6 nitrogen and oxygen atoms in total. The van der Waals surface area contributed by atoms with Crippen molar-refractivity contribution in [3.05, 3.63) is 53.1 Å². The van der Waals surface area contributed by atoms with Crippen LogP contribution in [0.4, 0.5) is 11.4 Å². The third kappa shape index (κ3) is 6.58. The Morgan fingerprint density at radius 1 is 1.07 bits per heavy atom. The summed E-state index contributed by atoms with van der Waals surface area (Å²) in [6.45, 7) is 5.22. The number of ether oxygens (including phenoxy) is 1. The van der Waals surface area contributed by atoms with Gasteiger partial charge in [0.05, 0.1) is 13.7 Å². The normalized spacial score (nSPS) is 11.6. The Morgan fingerprint density at radius 3 is 2.26 bits per heavy atom. The molecule has 2 aromatic rings. The minimum atomic E-state index is -0.134. The van der Waals surface area contributed by atoms with Crippen LogP contribution in [0.2, 0.25) is 5.02 Å². The van der Waals surface area contributed by atoms with Gasteiger partial charge in [-0.3, -0.25) is 9.59 Å². The molecule has 1 atom stereocenters. The highest BCUT2D eigenvalue weighted by atomic mass is 35.5. The second-order valence-corrected chi connectivity index (χ2v) is 6.66. The zero-order valence-corrected chi connectivity index (χ0v) is 16.5. The van der Waals surface area contributed by atoms with Crippen LogP contribution in [0, 0.1) is 0 Å². The predicted octanol–water partition coefficient (Wildman–Crippen LogP) is 2.35. The first-order chi connectivity index (χ1) is 12.9. The number of anilines is 2. The summed E-state index contributed by atoms with van der Waals surface area (Å²) >= 11 is 6.09. The van der Waals surface area contributed by atoms with Crippen LogP contribution in [0.15, 0.2) is 42.5 Å². The van der Waals surface area contributed by atoms with E-state index < -0.39 is 0 Å². The fourth-order valence-corrected chi connectivity index (χ4v) is 2.93. The lowest BCUT2D eigenvalue weighted by atomic mass is 10.2. The first-order valence-electron chi connectivity index (χ1n) is 8.74. The number of hydrogen-bond acceptors (Lipinski definition) is 3. The topological polar surface area (TPSA) is 71.9 Å². The van der Waals surface area contributed by atoms with E-state index in [1.165, 1.54) is 6.92 Å². The van der Waals surface area contributed by atoms with E-state index in [0.29, 0.717) is 29.5 Å². The lowest BCUT2D eigenvalue weighted by molar-refractivity contribution is -0.903. The van der Waals surface area contributed by atoms with Gasteiger partial charge in [-0.05, 0) is 49.4 Å². The highest BCUT2D eigenvalue weighted by Gasteiger charge is 2.16. The molecule has 2 aromatic carbocycles. The molecule has 0 saturated heterocycles. The average molecular weight is 391 g/mol. The standard InChI is InChI=1S/C20H24ClN3O3/c1-4-24(12-15-11-16(21)5-10-19(15)27-3)13-20(26)23-18-8-6-17(7-9-18)22-14(2)25/h5-11H,4,12-13H2,1-3H3,(H,22,25)(H,23,26)/p+1. The molecule has 0 heterocycles. The number of hydrogen-bond donors (Lipinski definition) is 3. The van der Waals surface area contributed by atoms with Gasteiger partial charge in [0.1, 0.15) is 12.3 Å². The Morgan fingerprint density at radius 2 is 1.70 bits per heavy atom. The third-order valence-corrected chi connectivity index (χ3v) is 4.32. The van der Waals surface area contributed by atoms with E-state index in [1.54, 1.807) is 37.4 Å². The number of halogens is 1. The van der Waals surface area contributed by atoms with Crippen LogP contribution in [0.1, 0.15) is 19.4 Å². The van der Waals surface area contributed by atoms with Crippen molar-refractivity contribution in [3.63, 3.8) is 0 Å². The summed E-state index contributed by atoms with van der Waals surface area (Å²) in [5, 5.41) is 6.22. The van der Waals surface area contributed by atoms with Gasteiger partial charge in [-0.25, -0.2) is 0 Å². The molecular weight excluding hydrogens is 366 g/mol. The van der Waals surface area contributed by atoms with Crippen LogP contribution in [-0.4, -0.2) is 32.0 Å².